The van der Waals surface area contributed by atoms with E-state index in [1.807, 2.05) is 0 Å². The molecule has 2 aliphatic rings. The Morgan fingerprint density at radius 1 is 1.30 bits per heavy atom. The summed E-state index contributed by atoms with van der Waals surface area (Å²) in [6, 6.07) is -0.826. The van der Waals surface area contributed by atoms with E-state index in [4.69, 9.17) is 0 Å². The van der Waals surface area contributed by atoms with E-state index in [1.165, 1.54) is 6.08 Å². The van der Waals surface area contributed by atoms with Gasteiger partial charge in [0, 0.05) is 32.1 Å². The average Bonchev–Trinajstić information content (AvgIpc) is 2.98. The van der Waals surface area contributed by atoms with Gasteiger partial charge in [0.2, 0.25) is 5.91 Å². The molecule has 5 amide bonds. The monoisotopic (exact) mass is 346 g/mol. The van der Waals surface area contributed by atoms with Crippen LogP contribution in [0.5, 0.6) is 0 Å². The highest BCUT2D eigenvalue weighted by molar-refractivity contribution is 6.45. The number of aliphatic hydroxyl groups excluding tert-OH is 1. The molecule has 2 atom stereocenters. The summed E-state index contributed by atoms with van der Waals surface area (Å²) in [4.78, 5) is 48.3. The van der Waals surface area contributed by atoms with Gasteiger partial charge in [0.25, 0.3) is 0 Å². The quantitative estimate of drug-likeness (QED) is 0.293. The molecule has 23 heavy (non-hydrogen) atoms. The van der Waals surface area contributed by atoms with E-state index in [2.05, 4.69) is 17.2 Å². The molecule has 0 aromatic heterocycles. The highest BCUT2D eigenvalue weighted by Gasteiger charge is 2.44. The number of imide groups is 2. The standard InChI is InChI=1S/C13H18N4O5.ClH/c1-2-3-16-11(20)12(21)17(13(16)22)7-10(19)15-5-8-4-14-6-9(8)18;/h2,8-9,14,18H,1,3-7H2,(H,15,19);1H. The Kier molecular flexibility index (Phi) is 6.67. The summed E-state index contributed by atoms with van der Waals surface area (Å²) in [6.07, 6.45) is 0.779. The molecule has 0 saturated carbocycles. The van der Waals surface area contributed by atoms with Crippen molar-refractivity contribution in [1.29, 1.82) is 0 Å². The molecule has 2 fully saturated rings. The van der Waals surface area contributed by atoms with Crippen LogP contribution >= 0.6 is 12.4 Å². The average molecular weight is 347 g/mol. The first-order chi connectivity index (χ1) is 10.5. The first-order valence-corrected chi connectivity index (χ1v) is 6.89. The molecule has 2 aliphatic heterocycles. The predicted octanol–water partition coefficient (Wildman–Crippen LogP) is -1.92. The van der Waals surface area contributed by atoms with Crippen molar-refractivity contribution in [3.63, 3.8) is 0 Å². The number of nitrogens with one attached hydrogen (secondary N) is 2. The molecule has 2 unspecified atom stereocenters. The van der Waals surface area contributed by atoms with E-state index in [0.717, 1.165) is 4.90 Å². The minimum Gasteiger partial charge on any atom is -0.391 e. The van der Waals surface area contributed by atoms with Gasteiger partial charge < -0.3 is 15.7 Å². The summed E-state index contributed by atoms with van der Waals surface area (Å²) < 4.78 is 0. The molecule has 2 rings (SSSR count). The maximum Gasteiger partial charge on any atom is 0.335 e. The number of nitrogens with zero attached hydrogens (tertiary/aromatic N) is 2. The molecule has 0 aliphatic carbocycles. The minimum absolute atomic E-state index is 0. The normalized spacial score (nSPS) is 24.0. The molecular formula is C13H19ClN4O5. The molecule has 0 spiro atoms. The van der Waals surface area contributed by atoms with E-state index >= 15 is 0 Å². The maximum atomic E-state index is 11.9. The van der Waals surface area contributed by atoms with Crippen molar-refractivity contribution in [2.75, 3.05) is 32.7 Å². The lowest BCUT2D eigenvalue weighted by atomic mass is 10.1. The number of carbonyl (C=O) groups is 4. The molecule has 0 aromatic carbocycles. The van der Waals surface area contributed by atoms with E-state index in [-0.39, 0.29) is 31.4 Å². The number of amides is 5. The first-order valence-electron chi connectivity index (χ1n) is 6.89. The van der Waals surface area contributed by atoms with E-state index in [0.29, 0.717) is 18.0 Å². The summed E-state index contributed by atoms with van der Waals surface area (Å²) in [5.74, 6) is -2.67. The zero-order valence-electron chi connectivity index (χ0n) is 12.4. The Morgan fingerprint density at radius 3 is 2.52 bits per heavy atom. The van der Waals surface area contributed by atoms with Gasteiger partial charge in [0.05, 0.1) is 6.10 Å². The molecule has 2 saturated heterocycles. The van der Waals surface area contributed by atoms with E-state index in [1.54, 1.807) is 0 Å². The summed E-state index contributed by atoms with van der Waals surface area (Å²) in [7, 11) is 0. The Labute approximate surface area is 139 Å². The third-order valence-electron chi connectivity index (χ3n) is 3.61. The van der Waals surface area contributed by atoms with E-state index in [9.17, 15) is 24.3 Å². The Bertz CT molecular complexity index is 526. The Hall–Kier alpha value is -1.97. The molecule has 3 N–H and O–H groups in total. The summed E-state index contributed by atoms with van der Waals surface area (Å²) >= 11 is 0. The van der Waals surface area contributed by atoms with Gasteiger partial charge in [0.1, 0.15) is 6.54 Å². The molecule has 0 aromatic rings. The number of hydrogen-bond donors (Lipinski definition) is 3. The lowest BCUT2D eigenvalue weighted by Crippen LogP contribution is -2.43. The lowest BCUT2D eigenvalue weighted by molar-refractivity contribution is -0.143. The van der Waals surface area contributed by atoms with Gasteiger partial charge in [-0.25, -0.2) is 9.69 Å². The third-order valence-corrected chi connectivity index (χ3v) is 3.61. The zero-order chi connectivity index (χ0) is 16.3. The van der Waals surface area contributed by atoms with Crippen LogP contribution in [-0.4, -0.2) is 77.5 Å². The molecule has 9 nitrogen and oxygen atoms in total. The van der Waals surface area contributed by atoms with Crippen LogP contribution in [-0.2, 0) is 14.4 Å². The molecule has 10 heteroatoms. The van der Waals surface area contributed by atoms with Gasteiger partial charge in [0.15, 0.2) is 0 Å². The number of rotatable bonds is 6. The second-order valence-corrected chi connectivity index (χ2v) is 5.17. The van der Waals surface area contributed by atoms with Gasteiger partial charge in [-0.2, -0.15) is 0 Å². The fourth-order valence-electron chi connectivity index (χ4n) is 2.35. The number of hydrogen-bond acceptors (Lipinski definition) is 6. The van der Waals surface area contributed by atoms with Crippen LogP contribution in [0.25, 0.3) is 0 Å². The van der Waals surface area contributed by atoms with Crippen molar-refractivity contribution < 1.29 is 24.3 Å². The first kappa shape index (κ1) is 19.1. The smallest absolute Gasteiger partial charge is 0.335 e. The fraction of sp³-hybridized carbons (Fsp3) is 0.538. The van der Waals surface area contributed by atoms with Crippen molar-refractivity contribution in [2.45, 2.75) is 6.10 Å². The van der Waals surface area contributed by atoms with Crippen LogP contribution < -0.4 is 10.6 Å². The number of β-amino-alcohol motifs (C(OH)–C–C–N with tert-alkyl or cyclic N) is 1. The van der Waals surface area contributed by atoms with Gasteiger partial charge >= 0.3 is 17.8 Å². The number of halogens is 1. The highest BCUT2D eigenvalue weighted by atomic mass is 35.5. The van der Waals surface area contributed by atoms with Crippen molar-refractivity contribution in [3.05, 3.63) is 12.7 Å². The molecule has 0 radical (unpaired) electrons. The zero-order valence-corrected chi connectivity index (χ0v) is 13.2. The topological polar surface area (TPSA) is 119 Å². The minimum atomic E-state index is -1.02. The van der Waals surface area contributed by atoms with Crippen LogP contribution in [0.15, 0.2) is 12.7 Å². The van der Waals surface area contributed by atoms with Gasteiger partial charge in [-0.15, -0.1) is 19.0 Å². The maximum absolute atomic E-state index is 11.9. The molecular weight excluding hydrogens is 328 g/mol. The summed E-state index contributed by atoms with van der Waals surface area (Å²) in [5.41, 5.74) is 0. The van der Waals surface area contributed by atoms with Crippen molar-refractivity contribution in [1.82, 2.24) is 20.4 Å². The van der Waals surface area contributed by atoms with E-state index < -0.39 is 36.4 Å². The molecule has 128 valence electrons. The third kappa shape index (κ3) is 4.06. The van der Waals surface area contributed by atoms with Gasteiger partial charge in [-0.05, 0) is 0 Å². The van der Waals surface area contributed by atoms with Crippen molar-refractivity contribution >= 4 is 36.2 Å². The second kappa shape index (κ2) is 8.04. The second-order valence-electron chi connectivity index (χ2n) is 5.17. The van der Waals surface area contributed by atoms with Gasteiger partial charge in [-0.3, -0.25) is 19.3 Å². The van der Waals surface area contributed by atoms with Crippen LogP contribution in [0, 0.1) is 5.92 Å². The van der Waals surface area contributed by atoms with Gasteiger partial charge in [-0.1, -0.05) is 6.08 Å². The summed E-state index contributed by atoms with van der Waals surface area (Å²) in [6.45, 7) is 4.07. The number of carbonyl (C=O) groups excluding carboxylic acids is 4. The Balaban J connectivity index is 0.00000264. The SMILES string of the molecule is C=CCN1C(=O)C(=O)N(CC(=O)NCC2CNCC2O)C1=O.Cl. The summed E-state index contributed by atoms with van der Waals surface area (Å²) in [5, 5.41) is 15.1. The molecule has 2 heterocycles. The number of urea groups is 1. The highest BCUT2D eigenvalue weighted by Crippen LogP contribution is 2.11. The van der Waals surface area contributed by atoms with Crippen LogP contribution in [0.1, 0.15) is 0 Å². The van der Waals surface area contributed by atoms with Crippen LogP contribution in [0.2, 0.25) is 0 Å². The lowest BCUT2D eigenvalue weighted by Gasteiger charge is -2.16. The Morgan fingerprint density at radius 2 is 1.96 bits per heavy atom. The predicted molar refractivity (Wildman–Crippen MR) is 81.6 cm³/mol. The molecule has 0 bridgehead atoms. The van der Waals surface area contributed by atoms with Crippen LogP contribution in [0.4, 0.5) is 4.79 Å². The number of aliphatic hydroxyl groups is 1. The largest absolute Gasteiger partial charge is 0.391 e. The van der Waals surface area contributed by atoms with Crippen LogP contribution in [0.3, 0.4) is 0 Å². The van der Waals surface area contributed by atoms with Crippen molar-refractivity contribution in [3.8, 4) is 0 Å². The fourth-order valence-corrected chi connectivity index (χ4v) is 2.35. The van der Waals surface area contributed by atoms with Crippen molar-refractivity contribution in [2.24, 2.45) is 5.92 Å².